The summed E-state index contributed by atoms with van der Waals surface area (Å²) in [6, 6.07) is 5.43. The molecule has 1 aliphatic heterocycles. The zero-order valence-electron chi connectivity index (χ0n) is 18.7. The number of amides is 2. The standard InChI is InChI=1S/C22H33BrN4O3/c1-22(2,3)30-21(29)27-14-16(15-27)13-26(11-7-10-25(5)6)20(28)18-12-17(23)8-9-19(18)24-4/h8-9,12,16H,4,7,10-11,13-15H2,1-3,5-6H3. The molecule has 0 bridgehead atoms. The molecule has 166 valence electrons. The predicted octanol–water partition coefficient (Wildman–Crippen LogP) is 4.04. The second kappa shape index (κ2) is 10.4. The molecule has 1 aromatic rings. The Morgan fingerprint density at radius 2 is 1.93 bits per heavy atom. The Labute approximate surface area is 188 Å². The van der Waals surface area contributed by atoms with Gasteiger partial charge in [-0.15, -0.1) is 0 Å². The first-order valence-electron chi connectivity index (χ1n) is 10.2. The Balaban J connectivity index is 2.06. The number of carbonyl (C=O) groups is 2. The number of hydrogen-bond donors (Lipinski definition) is 0. The van der Waals surface area contributed by atoms with Crippen molar-refractivity contribution in [3.63, 3.8) is 0 Å². The summed E-state index contributed by atoms with van der Waals surface area (Å²) in [4.78, 5) is 35.2. The van der Waals surface area contributed by atoms with E-state index in [1.54, 1.807) is 17.0 Å². The molecular formula is C22H33BrN4O3. The van der Waals surface area contributed by atoms with Crippen molar-refractivity contribution in [2.24, 2.45) is 10.9 Å². The molecule has 0 N–H and O–H groups in total. The first kappa shape index (κ1) is 24.3. The monoisotopic (exact) mass is 480 g/mol. The summed E-state index contributed by atoms with van der Waals surface area (Å²) >= 11 is 3.44. The van der Waals surface area contributed by atoms with Crippen LogP contribution in [0.2, 0.25) is 0 Å². The van der Waals surface area contributed by atoms with E-state index in [1.165, 1.54) is 0 Å². The minimum absolute atomic E-state index is 0.0619. The summed E-state index contributed by atoms with van der Waals surface area (Å²) < 4.78 is 6.25. The Morgan fingerprint density at radius 1 is 1.27 bits per heavy atom. The fourth-order valence-corrected chi connectivity index (χ4v) is 3.67. The van der Waals surface area contributed by atoms with Gasteiger partial charge in [-0.05, 0) is 72.7 Å². The molecular weight excluding hydrogens is 448 g/mol. The Kier molecular flexibility index (Phi) is 8.43. The summed E-state index contributed by atoms with van der Waals surface area (Å²) in [5, 5.41) is 0. The first-order chi connectivity index (χ1) is 14.0. The second-order valence-corrected chi connectivity index (χ2v) is 9.89. The number of halogens is 1. The van der Waals surface area contributed by atoms with E-state index in [2.05, 4.69) is 32.5 Å². The van der Waals surface area contributed by atoms with E-state index in [1.807, 2.05) is 45.8 Å². The molecule has 0 spiro atoms. The van der Waals surface area contributed by atoms with Crippen molar-refractivity contribution in [2.75, 3.05) is 46.8 Å². The van der Waals surface area contributed by atoms with Crippen LogP contribution in [0.1, 0.15) is 37.6 Å². The molecule has 1 saturated heterocycles. The van der Waals surface area contributed by atoms with Gasteiger partial charge in [0.25, 0.3) is 5.91 Å². The fourth-order valence-electron chi connectivity index (χ4n) is 3.31. The Hall–Kier alpha value is -1.93. The number of carbonyl (C=O) groups excluding carboxylic acids is 2. The largest absolute Gasteiger partial charge is 0.444 e. The van der Waals surface area contributed by atoms with Crippen LogP contribution in [0.25, 0.3) is 0 Å². The molecule has 1 aromatic carbocycles. The Bertz CT molecular complexity index is 770. The van der Waals surface area contributed by atoms with Crippen molar-refractivity contribution in [1.82, 2.24) is 14.7 Å². The number of rotatable bonds is 8. The molecule has 1 heterocycles. The van der Waals surface area contributed by atoms with E-state index in [0.29, 0.717) is 37.4 Å². The highest BCUT2D eigenvalue weighted by molar-refractivity contribution is 9.10. The van der Waals surface area contributed by atoms with Gasteiger partial charge in [-0.25, -0.2) is 4.79 Å². The van der Waals surface area contributed by atoms with Gasteiger partial charge in [0.05, 0.1) is 11.3 Å². The van der Waals surface area contributed by atoms with E-state index in [0.717, 1.165) is 17.4 Å². The first-order valence-corrected chi connectivity index (χ1v) is 11.0. The van der Waals surface area contributed by atoms with Crippen LogP contribution in [-0.2, 0) is 4.74 Å². The minimum Gasteiger partial charge on any atom is -0.444 e. The van der Waals surface area contributed by atoms with Crippen LogP contribution in [0.5, 0.6) is 0 Å². The van der Waals surface area contributed by atoms with Crippen molar-refractivity contribution in [2.45, 2.75) is 32.8 Å². The van der Waals surface area contributed by atoms with Crippen LogP contribution in [0.15, 0.2) is 27.7 Å². The quantitative estimate of drug-likeness (QED) is 0.526. The zero-order chi connectivity index (χ0) is 22.5. The zero-order valence-corrected chi connectivity index (χ0v) is 20.2. The lowest BCUT2D eigenvalue weighted by Crippen LogP contribution is -2.55. The van der Waals surface area contributed by atoms with Crippen molar-refractivity contribution in [3.8, 4) is 0 Å². The number of aliphatic imine (C=N–C) groups is 1. The van der Waals surface area contributed by atoms with Gasteiger partial charge >= 0.3 is 6.09 Å². The molecule has 1 aliphatic rings. The van der Waals surface area contributed by atoms with Gasteiger partial charge in [0.2, 0.25) is 0 Å². The second-order valence-electron chi connectivity index (χ2n) is 8.98. The fraction of sp³-hybridized carbons (Fsp3) is 0.591. The maximum atomic E-state index is 13.3. The third kappa shape index (κ3) is 7.09. The summed E-state index contributed by atoms with van der Waals surface area (Å²) in [6.45, 7) is 12.5. The van der Waals surface area contributed by atoms with Gasteiger partial charge < -0.3 is 19.4 Å². The Morgan fingerprint density at radius 3 is 2.50 bits per heavy atom. The van der Waals surface area contributed by atoms with E-state index < -0.39 is 5.60 Å². The van der Waals surface area contributed by atoms with Crippen LogP contribution < -0.4 is 0 Å². The predicted molar refractivity (Wildman–Crippen MR) is 124 cm³/mol. The molecule has 7 nitrogen and oxygen atoms in total. The summed E-state index contributed by atoms with van der Waals surface area (Å²) in [5.41, 5.74) is 0.600. The van der Waals surface area contributed by atoms with Gasteiger partial charge in [0.1, 0.15) is 5.60 Å². The van der Waals surface area contributed by atoms with E-state index in [9.17, 15) is 9.59 Å². The van der Waals surface area contributed by atoms with Crippen LogP contribution in [0.3, 0.4) is 0 Å². The molecule has 0 saturated carbocycles. The summed E-state index contributed by atoms with van der Waals surface area (Å²) in [6.07, 6.45) is 0.570. The van der Waals surface area contributed by atoms with Crippen molar-refractivity contribution < 1.29 is 14.3 Å². The van der Waals surface area contributed by atoms with Gasteiger partial charge in [-0.2, -0.15) is 0 Å². The van der Waals surface area contributed by atoms with Crippen molar-refractivity contribution in [3.05, 3.63) is 28.2 Å². The lowest BCUT2D eigenvalue weighted by molar-refractivity contribution is -0.00556. The van der Waals surface area contributed by atoms with Crippen LogP contribution in [-0.4, -0.2) is 85.8 Å². The van der Waals surface area contributed by atoms with Crippen LogP contribution in [0.4, 0.5) is 10.5 Å². The average molecular weight is 481 g/mol. The molecule has 0 aliphatic carbocycles. The molecule has 0 radical (unpaired) electrons. The lowest BCUT2D eigenvalue weighted by atomic mass is 9.99. The maximum Gasteiger partial charge on any atom is 0.410 e. The maximum absolute atomic E-state index is 13.3. The number of likely N-dealkylation sites (tertiary alicyclic amines) is 1. The van der Waals surface area contributed by atoms with Crippen LogP contribution >= 0.6 is 15.9 Å². The molecule has 30 heavy (non-hydrogen) atoms. The molecule has 0 atom stereocenters. The lowest BCUT2D eigenvalue weighted by Gasteiger charge is -2.42. The number of ether oxygens (including phenoxy) is 1. The molecule has 0 unspecified atom stereocenters. The molecule has 1 fully saturated rings. The highest BCUT2D eigenvalue weighted by atomic mass is 79.9. The highest BCUT2D eigenvalue weighted by Gasteiger charge is 2.35. The molecule has 2 rings (SSSR count). The smallest absolute Gasteiger partial charge is 0.410 e. The van der Waals surface area contributed by atoms with Gasteiger partial charge in [-0.3, -0.25) is 9.79 Å². The third-order valence-corrected chi connectivity index (χ3v) is 5.26. The van der Waals surface area contributed by atoms with E-state index in [4.69, 9.17) is 4.74 Å². The van der Waals surface area contributed by atoms with Crippen molar-refractivity contribution >= 4 is 40.3 Å². The molecule has 0 aromatic heterocycles. The number of hydrogen-bond acceptors (Lipinski definition) is 5. The third-order valence-electron chi connectivity index (χ3n) is 4.77. The van der Waals surface area contributed by atoms with E-state index in [-0.39, 0.29) is 17.9 Å². The molecule has 8 heteroatoms. The van der Waals surface area contributed by atoms with Gasteiger partial charge in [0.15, 0.2) is 0 Å². The summed E-state index contributed by atoms with van der Waals surface area (Å²) in [7, 11) is 4.04. The topological polar surface area (TPSA) is 65.5 Å². The minimum atomic E-state index is -0.509. The van der Waals surface area contributed by atoms with Crippen LogP contribution in [0, 0.1) is 5.92 Å². The highest BCUT2D eigenvalue weighted by Crippen LogP contribution is 2.26. The summed E-state index contributed by atoms with van der Waals surface area (Å²) in [5.74, 6) is 0.168. The van der Waals surface area contributed by atoms with Crippen molar-refractivity contribution in [1.29, 1.82) is 0 Å². The SMILES string of the molecule is C=Nc1ccc(Br)cc1C(=O)N(CCCN(C)C)CC1CN(C(=O)OC(C)(C)C)C1. The normalized spacial score (nSPS) is 14.4. The molecule has 2 amide bonds. The number of nitrogens with zero attached hydrogens (tertiary/aromatic N) is 4. The van der Waals surface area contributed by atoms with E-state index >= 15 is 0 Å². The number of benzene rings is 1. The average Bonchev–Trinajstić information content (AvgIpc) is 2.60. The van der Waals surface area contributed by atoms with Gasteiger partial charge in [-0.1, -0.05) is 15.9 Å². The van der Waals surface area contributed by atoms with Gasteiger partial charge in [0, 0.05) is 36.6 Å².